The van der Waals surface area contributed by atoms with E-state index in [9.17, 15) is 14.0 Å². The molecule has 0 spiro atoms. The summed E-state index contributed by atoms with van der Waals surface area (Å²) in [5.41, 5.74) is 2.52. The molecule has 4 aromatic rings. The zero-order valence-electron chi connectivity index (χ0n) is 16.4. The molecule has 0 atom stereocenters. The van der Waals surface area contributed by atoms with E-state index < -0.39 is 0 Å². The van der Waals surface area contributed by atoms with Crippen LogP contribution in [0.15, 0.2) is 71.1 Å². The van der Waals surface area contributed by atoms with Crippen LogP contribution >= 0.6 is 34.7 Å². The molecule has 6 nitrogen and oxygen atoms in total. The van der Waals surface area contributed by atoms with Gasteiger partial charge in [0.1, 0.15) is 5.82 Å². The van der Waals surface area contributed by atoms with E-state index in [1.165, 1.54) is 47.4 Å². The van der Waals surface area contributed by atoms with Gasteiger partial charge in [0.25, 0.3) is 0 Å². The summed E-state index contributed by atoms with van der Waals surface area (Å²) in [6.45, 7) is 0. The second-order valence-electron chi connectivity index (χ2n) is 6.60. The number of halogens is 2. The number of benzene rings is 3. The lowest BCUT2D eigenvalue weighted by Gasteiger charge is -2.07. The maximum Gasteiger partial charge on any atom is 0.323 e. The Balaban J connectivity index is 1.34. The number of urea groups is 1. The molecule has 1 aromatic heterocycles. The highest BCUT2D eigenvalue weighted by molar-refractivity contribution is 8.01. The monoisotopic (exact) mass is 486 g/mol. The largest absolute Gasteiger partial charge is 0.325 e. The molecule has 0 saturated carbocycles. The Morgan fingerprint density at radius 1 is 0.938 bits per heavy atom. The summed E-state index contributed by atoms with van der Waals surface area (Å²) >= 11 is 8.67. The molecule has 0 aliphatic heterocycles. The third-order valence-electron chi connectivity index (χ3n) is 4.16. The first kappa shape index (κ1) is 22.1. The number of rotatable bonds is 6. The first-order valence-corrected chi connectivity index (χ1v) is 11.5. The molecule has 0 bridgehead atoms. The van der Waals surface area contributed by atoms with E-state index in [4.69, 9.17) is 11.6 Å². The number of amides is 3. The van der Waals surface area contributed by atoms with Crippen LogP contribution in [0.1, 0.15) is 0 Å². The van der Waals surface area contributed by atoms with Gasteiger partial charge in [-0.05, 0) is 60.7 Å². The summed E-state index contributed by atoms with van der Waals surface area (Å²) in [7, 11) is 0. The maximum absolute atomic E-state index is 13.0. The molecule has 0 aliphatic carbocycles. The third kappa shape index (κ3) is 5.97. The number of hydrogen-bond donors (Lipinski definition) is 3. The molecular formula is C22H16ClFN4O2S2. The molecule has 3 amide bonds. The molecule has 32 heavy (non-hydrogen) atoms. The van der Waals surface area contributed by atoms with Crippen molar-refractivity contribution >= 4 is 73.9 Å². The maximum atomic E-state index is 13.0. The number of anilines is 3. The lowest BCUT2D eigenvalue weighted by Crippen LogP contribution is -2.19. The van der Waals surface area contributed by atoms with Crippen LogP contribution in [0, 0.1) is 5.82 Å². The van der Waals surface area contributed by atoms with Gasteiger partial charge in [0, 0.05) is 22.1 Å². The topological polar surface area (TPSA) is 83.1 Å². The van der Waals surface area contributed by atoms with Gasteiger partial charge in [0.15, 0.2) is 4.34 Å². The summed E-state index contributed by atoms with van der Waals surface area (Å²) in [4.78, 5) is 28.9. The van der Waals surface area contributed by atoms with Gasteiger partial charge in [-0.1, -0.05) is 29.4 Å². The van der Waals surface area contributed by atoms with Gasteiger partial charge in [-0.3, -0.25) is 4.79 Å². The Kier molecular flexibility index (Phi) is 6.89. The Morgan fingerprint density at radius 2 is 1.66 bits per heavy atom. The fourth-order valence-corrected chi connectivity index (χ4v) is 4.86. The average molecular weight is 487 g/mol. The summed E-state index contributed by atoms with van der Waals surface area (Å²) in [5.74, 6) is -0.395. The van der Waals surface area contributed by atoms with Gasteiger partial charge in [-0.2, -0.15) is 0 Å². The predicted octanol–water partition coefficient (Wildman–Crippen LogP) is 6.46. The van der Waals surface area contributed by atoms with Crippen LogP contribution in [0.25, 0.3) is 10.2 Å². The fourth-order valence-electron chi connectivity index (χ4n) is 2.76. The van der Waals surface area contributed by atoms with Gasteiger partial charge in [0.05, 0.1) is 16.0 Å². The molecule has 4 rings (SSSR count). The third-order valence-corrected chi connectivity index (χ3v) is 6.56. The molecule has 10 heteroatoms. The van der Waals surface area contributed by atoms with Crippen LogP contribution in [0.3, 0.4) is 0 Å². The van der Waals surface area contributed by atoms with Crippen LogP contribution in [0.2, 0.25) is 5.02 Å². The quantitative estimate of drug-likeness (QED) is 0.273. The first-order chi connectivity index (χ1) is 15.4. The first-order valence-electron chi connectivity index (χ1n) is 9.37. The SMILES string of the molecule is O=C(CSc1nc2ccc(NC(=O)Nc3cccc(Cl)c3)cc2s1)Nc1ccc(F)cc1. The number of fused-ring (bicyclic) bond motifs is 1. The number of thiazole rings is 1. The fraction of sp³-hybridized carbons (Fsp3) is 0.0455. The normalized spacial score (nSPS) is 10.7. The van der Waals surface area contributed by atoms with Crippen molar-refractivity contribution in [1.29, 1.82) is 0 Å². The standard InChI is InChI=1S/C22H16ClFN4O2S2/c23-13-2-1-3-16(10-13)26-21(30)27-17-8-9-18-19(11-17)32-22(28-18)31-12-20(29)25-15-6-4-14(24)5-7-15/h1-11H,12H2,(H,25,29)(H2,26,27,30). The molecule has 1 heterocycles. The smallest absolute Gasteiger partial charge is 0.323 e. The van der Waals surface area contributed by atoms with E-state index in [2.05, 4.69) is 20.9 Å². The lowest BCUT2D eigenvalue weighted by atomic mass is 10.3. The van der Waals surface area contributed by atoms with Crippen molar-refractivity contribution in [2.45, 2.75) is 4.34 Å². The second-order valence-corrected chi connectivity index (χ2v) is 9.29. The number of carbonyl (C=O) groups is 2. The predicted molar refractivity (Wildman–Crippen MR) is 129 cm³/mol. The minimum atomic E-state index is -0.386. The summed E-state index contributed by atoms with van der Waals surface area (Å²) in [6, 6.07) is 17.5. The van der Waals surface area contributed by atoms with E-state index in [0.29, 0.717) is 22.1 Å². The number of aromatic nitrogens is 1. The van der Waals surface area contributed by atoms with Crippen molar-refractivity contribution in [2.75, 3.05) is 21.7 Å². The van der Waals surface area contributed by atoms with Crippen molar-refractivity contribution in [3.8, 4) is 0 Å². The number of nitrogens with zero attached hydrogens (tertiary/aromatic N) is 1. The van der Waals surface area contributed by atoms with Gasteiger partial charge in [0.2, 0.25) is 5.91 Å². The van der Waals surface area contributed by atoms with Gasteiger partial charge < -0.3 is 16.0 Å². The van der Waals surface area contributed by atoms with Crippen molar-refractivity contribution in [1.82, 2.24) is 4.98 Å². The van der Waals surface area contributed by atoms with Crippen LogP contribution in [0.4, 0.5) is 26.2 Å². The van der Waals surface area contributed by atoms with Crippen LogP contribution in [-0.4, -0.2) is 22.7 Å². The lowest BCUT2D eigenvalue weighted by molar-refractivity contribution is -0.113. The summed E-state index contributed by atoms with van der Waals surface area (Å²) < 4.78 is 14.6. The average Bonchev–Trinajstić information content (AvgIpc) is 3.16. The molecule has 0 aliphatic rings. The van der Waals surface area contributed by atoms with Crippen LogP contribution in [0.5, 0.6) is 0 Å². The number of hydrogen-bond acceptors (Lipinski definition) is 5. The minimum Gasteiger partial charge on any atom is -0.325 e. The van der Waals surface area contributed by atoms with Gasteiger partial charge in [-0.15, -0.1) is 11.3 Å². The van der Waals surface area contributed by atoms with Crippen LogP contribution in [-0.2, 0) is 4.79 Å². The summed E-state index contributed by atoms with van der Waals surface area (Å²) in [6.07, 6.45) is 0. The number of carbonyl (C=O) groups excluding carboxylic acids is 2. The van der Waals surface area contributed by atoms with Crippen molar-refractivity contribution < 1.29 is 14.0 Å². The Morgan fingerprint density at radius 3 is 2.41 bits per heavy atom. The highest BCUT2D eigenvalue weighted by atomic mass is 35.5. The van der Waals surface area contributed by atoms with E-state index in [0.717, 1.165) is 14.6 Å². The molecule has 3 aromatic carbocycles. The number of nitrogens with one attached hydrogen (secondary N) is 3. The highest BCUT2D eigenvalue weighted by Gasteiger charge is 2.10. The molecule has 0 radical (unpaired) electrons. The van der Waals surface area contributed by atoms with Crippen LogP contribution < -0.4 is 16.0 Å². The van der Waals surface area contributed by atoms with E-state index >= 15 is 0 Å². The van der Waals surface area contributed by atoms with Crippen molar-refractivity contribution in [2.24, 2.45) is 0 Å². The molecule has 0 fully saturated rings. The Bertz CT molecular complexity index is 1280. The van der Waals surface area contributed by atoms with E-state index in [-0.39, 0.29) is 23.5 Å². The summed E-state index contributed by atoms with van der Waals surface area (Å²) in [5, 5.41) is 8.75. The molecule has 0 saturated heterocycles. The Hall–Kier alpha value is -3.14. The van der Waals surface area contributed by atoms with Gasteiger partial charge >= 0.3 is 6.03 Å². The van der Waals surface area contributed by atoms with E-state index in [1.807, 2.05) is 12.1 Å². The second kappa shape index (κ2) is 9.99. The van der Waals surface area contributed by atoms with Crippen molar-refractivity contribution in [3.05, 3.63) is 77.6 Å². The van der Waals surface area contributed by atoms with Gasteiger partial charge in [-0.25, -0.2) is 14.2 Å². The molecule has 162 valence electrons. The molecule has 3 N–H and O–H groups in total. The van der Waals surface area contributed by atoms with Crippen molar-refractivity contribution in [3.63, 3.8) is 0 Å². The zero-order valence-corrected chi connectivity index (χ0v) is 18.8. The molecular weight excluding hydrogens is 471 g/mol. The molecule has 0 unspecified atom stereocenters. The Labute approximate surface area is 196 Å². The highest BCUT2D eigenvalue weighted by Crippen LogP contribution is 2.31. The zero-order chi connectivity index (χ0) is 22.5. The minimum absolute atomic E-state index is 0.171. The van der Waals surface area contributed by atoms with E-state index in [1.54, 1.807) is 30.3 Å². The number of thioether (sulfide) groups is 1.